The molecule has 0 saturated carbocycles. The fraction of sp³-hybridized carbons (Fsp3) is 0.364. The number of methoxy groups -OCH3 is 1. The molecule has 0 aliphatic heterocycles. The van der Waals surface area contributed by atoms with Crippen molar-refractivity contribution in [3.8, 4) is 0 Å². The molecule has 1 atom stereocenters. The Morgan fingerprint density at radius 2 is 2.07 bits per heavy atom. The van der Waals surface area contributed by atoms with Crippen LogP contribution >= 0.6 is 0 Å². The van der Waals surface area contributed by atoms with Crippen LogP contribution in [0.2, 0.25) is 5.32 Å². The van der Waals surface area contributed by atoms with Crippen LogP contribution in [0.1, 0.15) is 6.92 Å². The van der Waals surface area contributed by atoms with Gasteiger partial charge in [-0.1, -0.05) is 0 Å². The van der Waals surface area contributed by atoms with Gasteiger partial charge in [0.05, 0.1) is 0 Å². The molecule has 0 saturated heterocycles. The molecule has 0 aliphatic rings. The van der Waals surface area contributed by atoms with E-state index in [0.717, 1.165) is 4.46 Å². The van der Waals surface area contributed by atoms with Gasteiger partial charge in [0.1, 0.15) is 0 Å². The van der Waals surface area contributed by atoms with E-state index < -0.39 is 11.6 Å². The summed E-state index contributed by atoms with van der Waals surface area (Å²) in [7, 11) is 1.20. The predicted octanol–water partition coefficient (Wildman–Crippen LogP) is 1.34. The SMILES string of the molecule is COC(=O)C(C)(F)C[Se]c1ccccc1. The Hall–Kier alpha value is -0.861. The molecule has 4 heteroatoms. The molecule has 15 heavy (non-hydrogen) atoms. The van der Waals surface area contributed by atoms with Crippen LogP contribution in [0.3, 0.4) is 0 Å². The molecule has 0 amide bonds. The molecule has 1 aromatic carbocycles. The van der Waals surface area contributed by atoms with Crippen molar-refractivity contribution in [3.63, 3.8) is 0 Å². The van der Waals surface area contributed by atoms with Crippen LogP contribution < -0.4 is 4.46 Å². The summed E-state index contributed by atoms with van der Waals surface area (Å²) in [5.41, 5.74) is -1.87. The molecule has 0 aliphatic carbocycles. The van der Waals surface area contributed by atoms with E-state index in [9.17, 15) is 9.18 Å². The quantitative estimate of drug-likeness (QED) is 0.612. The summed E-state index contributed by atoms with van der Waals surface area (Å²) >= 11 is -0.0427. The second kappa shape index (κ2) is 5.29. The van der Waals surface area contributed by atoms with Gasteiger partial charge in [0.2, 0.25) is 0 Å². The van der Waals surface area contributed by atoms with Gasteiger partial charge >= 0.3 is 94.7 Å². The van der Waals surface area contributed by atoms with Crippen molar-refractivity contribution in [2.75, 3.05) is 7.11 Å². The summed E-state index contributed by atoms with van der Waals surface area (Å²) < 4.78 is 19.2. The molecule has 0 radical (unpaired) electrons. The third-order valence-corrected chi connectivity index (χ3v) is 4.57. The van der Waals surface area contributed by atoms with Gasteiger partial charge in [-0.05, 0) is 0 Å². The minimum atomic E-state index is -1.87. The Bertz CT molecular complexity index is 325. The summed E-state index contributed by atoms with van der Waals surface area (Å²) in [6, 6.07) is 9.60. The number of halogens is 1. The second-order valence-corrected chi connectivity index (χ2v) is 5.49. The van der Waals surface area contributed by atoms with E-state index in [1.54, 1.807) is 0 Å². The Kier molecular flexibility index (Phi) is 4.30. The van der Waals surface area contributed by atoms with E-state index in [2.05, 4.69) is 4.74 Å². The maximum absolute atomic E-state index is 13.7. The first kappa shape index (κ1) is 12.2. The van der Waals surface area contributed by atoms with E-state index in [1.165, 1.54) is 14.0 Å². The van der Waals surface area contributed by atoms with E-state index in [4.69, 9.17) is 0 Å². The number of ether oxygens (including phenoxy) is 1. The van der Waals surface area contributed by atoms with Crippen molar-refractivity contribution in [2.24, 2.45) is 0 Å². The number of hydrogen-bond acceptors (Lipinski definition) is 2. The van der Waals surface area contributed by atoms with Crippen molar-refractivity contribution in [1.29, 1.82) is 0 Å². The summed E-state index contributed by atoms with van der Waals surface area (Å²) in [5, 5.41) is 0.205. The molecule has 0 spiro atoms. The standard InChI is InChI=1S/C11H13FO2Se/c1-11(12,10(13)14-2)8-15-9-6-4-3-5-7-9/h3-7H,8H2,1-2H3. The van der Waals surface area contributed by atoms with E-state index in [1.807, 2.05) is 30.3 Å². The molecule has 0 bridgehead atoms. The van der Waals surface area contributed by atoms with Crippen LogP contribution in [0.15, 0.2) is 30.3 Å². The second-order valence-electron chi connectivity index (χ2n) is 3.29. The van der Waals surface area contributed by atoms with Gasteiger partial charge < -0.3 is 0 Å². The third kappa shape index (κ3) is 3.65. The first-order valence-corrected chi connectivity index (χ1v) is 6.58. The van der Waals surface area contributed by atoms with Crippen LogP contribution in [0.5, 0.6) is 0 Å². The topological polar surface area (TPSA) is 26.3 Å². The molecule has 0 N–H and O–H groups in total. The molecular formula is C11H13FO2Se. The fourth-order valence-corrected chi connectivity index (χ4v) is 2.91. The molecular weight excluding hydrogens is 262 g/mol. The molecule has 1 rings (SSSR count). The molecule has 1 aromatic rings. The number of esters is 1. The number of hydrogen-bond donors (Lipinski definition) is 0. The van der Waals surface area contributed by atoms with Crippen molar-refractivity contribution >= 4 is 25.4 Å². The van der Waals surface area contributed by atoms with Gasteiger partial charge in [-0.2, -0.15) is 0 Å². The van der Waals surface area contributed by atoms with Crippen molar-refractivity contribution in [1.82, 2.24) is 0 Å². The maximum atomic E-state index is 13.7. The Morgan fingerprint density at radius 3 is 2.60 bits per heavy atom. The number of carbonyl (C=O) groups excluding carboxylic acids is 1. The van der Waals surface area contributed by atoms with Crippen LogP contribution in [0, 0.1) is 0 Å². The van der Waals surface area contributed by atoms with Gasteiger partial charge in [-0.25, -0.2) is 0 Å². The molecule has 82 valence electrons. The first-order valence-electron chi connectivity index (χ1n) is 4.51. The Balaban J connectivity index is 2.53. The zero-order chi connectivity index (χ0) is 11.3. The molecule has 0 aromatic heterocycles. The van der Waals surface area contributed by atoms with Crippen LogP contribution in [-0.4, -0.2) is 33.7 Å². The van der Waals surface area contributed by atoms with E-state index in [-0.39, 0.29) is 20.3 Å². The summed E-state index contributed by atoms with van der Waals surface area (Å²) in [4.78, 5) is 11.1. The molecule has 0 heterocycles. The number of carbonyl (C=O) groups is 1. The zero-order valence-corrected chi connectivity index (χ0v) is 10.4. The first-order chi connectivity index (χ1) is 7.06. The van der Waals surface area contributed by atoms with Gasteiger partial charge in [0.25, 0.3) is 0 Å². The Morgan fingerprint density at radius 1 is 1.47 bits per heavy atom. The molecule has 1 unspecified atom stereocenters. The summed E-state index contributed by atoms with van der Waals surface area (Å²) in [6.07, 6.45) is 0. The average Bonchev–Trinajstić information content (AvgIpc) is 2.27. The van der Waals surface area contributed by atoms with Crippen LogP contribution in [-0.2, 0) is 9.53 Å². The molecule has 0 fully saturated rings. The van der Waals surface area contributed by atoms with Crippen LogP contribution in [0.4, 0.5) is 4.39 Å². The van der Waals surface area contributed by atoms with Gasteiger partial charge in [0, 0.05) is 0 Å². The van der Waals surface area contributed by atoms with E-state index in [0.29, 0.717) is 0 Å². The molecule has 2 nitrogen and oxygen atoms in total. The normalized spacial score (nSPS) is 14.3. The number of benzene rings is 1. The predicted molar refractivity (Wildman–Crippen MR) is 58.2 cm³/mol. The summed E-state index contributed by atoms with van der Waals surface area (Å²) in [5.74, 6) is -0.791. The van der Waals surface area contributed by atoms with Gasteiger partial charge in [0.15, 0.2) is 0 Å². The number of rotatable bonds is 4. The monoisotopic (exact) mass is 276 g/mol. The summed E-state index contributed by atoms with van der Waals surface area (Å²) in [6.45, 7) is 1.27. The minimum absolute atomic E-state index is 0.0427. The van der Waals surface area contributed by atoms with Crippen molar-refractivity contribution < 1.29 is 13.9 Å². The van der Waals surface area contributed by atoms with Crippen LogP contribution in [0.25, 0.3) is 0 Å². The zero-order valence-electron chi connectivity index (χ0n) is 8.70. The number of alkyl halides is 1. The Labute approximate surface area is 95.0 Å². The third-order valence-electron chi connectivity index (χ3n) is 1.86. The van der Waals surface area contributed by atoms with Gasteiger partial charge in [-0.15, -0.1) is 0 Å². The van der Waals surface area contributed by atoms with Crippen molar-refractivity contribution in [2.45, 2.75) is 17.9 Å². The van der Waals surface area contributed by atoms with Crippen molar-refractivity contribution in [3.05, 3.63) is 30.3 Å². The van der Waals surface area contributed by atoms with E-state index >= 15 is 0 Å². The van der Waals surface area contributed by atoms with Gasteiger partial charge in [-0.3, -0.25) is 0 Å². The average molecular weight is 275 g/mol. The fourth-order valence-electron chi connectivity index (χ4n) is 1.01.